The van der Waals surface area contributed by atoms with Crippen molar-refractivity contribution in [3.8, 4) is 0 Å². The lowest BCUT2D eigenvalue weighted by Gasteiger charge is -2.16. The molecule has 13 heavy (non-hydrogen) atoms. The van der Waals surface area contributed by atoms with Crippen molar-refractivity contribution in [2.45, 2.75) is 12.8 Å². The van der Waals surface area contributed by atoms with Crippen molar-refractivity contribution in [3.05, 3.63) is 24.8 Å². The molecule has 0 aromatic heterocycles. The van der Waals surface area contributed by atoms with Crippen LogP contribution in [0.15, 0.2) is 24.8 Å². The van der Waals surface area contributed by atoms with Crippen molar-refractivity contribution in [2.75, 3.05) is 6.61 Å². The van der Waals surface area contributed by atoms with Gasteiger partial charge in [-0.25, -0.2) is 4.79 Å². The SMILES string of the molecule is C=CC(=O)OC[C@@H]1C[C@@H]2C=C[C@H]1C2. The Labute approximate surface area is 78.3 Å². The molecule has 1 saturated carbocycles. The summed E-state index contributed by atoms with van der Waals surface area (Å²) in [5, 5.41) is 0. The minimum absolute atomic E-state index is 0.299. The molecule has 0 heterocycles. The monoisotopic (exact) mass is 178 g/mol. The fourth-order valence-corrected chi connectivity index (χ4v) is 2.33. The van der Waals surface area contributed by atoms with E-state index in [-0.39, 0.29) is 5.97 Å². The second-order valence-electron chi connectivity index (χ2n) is 3.87. The summed E-state index contributed by atoms with van der Waals surface area (Å²) in [5.74, 6) is 1.66. The van der Waals surface area contributed by atoms with Crippen LogP contribution in [-0.4, -0.2) is 12.6 Å². The van der Waals surface area contributed by atoms with Crippen LogP contribution in [0.3, 0.4) is 0 Å². The molecule has 0 aliphatic heterocycles. The van der Waals surface area contributed by atoms with Gasteiger partial charge in [0.15, 0.2) is 0 Å². The Hall–Kier alpha value is -1.05. The summed E-state index contributed by atoms with van der Waals surface area (Å²) in [6.07, 6.45) is 8.22. The molecule has 3 atom stereocenters. The van der Waals surface area contributed by atoms with E-state index in [2.05, 4.69) is 18.7 Å². The second-order valence-corrected chi connectivity index (χ2v) is 3.87. The predicted octanol–water partition coefficient (Wildman–Crippen LogP) is 1.93. The van der Waals surface area contributed by atoms with E-state index < -0.39 is 0 Å². The van der Waals surface area contributed by atoms with Crippen molar-refractivity contribution in [1.29, 1.82) is 0 Å². The van der Waals surface area contributed by atoms with Crippen LogP contribution in [0.4, 0.5) is 0 Å². The van der Waals surface area contributed by atoms with Gasteiger partial charge in [0.2, 0.25) is 0 Å². The van der Waals surface area contributed by atoms with Gasteiger partial charge in [-0.2, -0.15) is 0 Å². The van der Waals surface area contributed by atoms with Crippen molar-refractivity contribution in [3.63, 3.8) is 0 Å². The molecule has 0 aromatic rings. The van der Waals surface area contributed by atoms with Crippen molar-refractivity contribution >= 4 is 5.97 Å². The first-order valence-electron chi connectivity index (χ1n) is 4.77. The fraction of sp³-hybridized carbons (Fsp3) is 0.545. The molecule has 2 heteroatoms. The van der Waals surface area contributed by atoms with Gasteiger partial charge in [0.1, 0.15) is 0 Å². The highest BCUT2D eigenvalue weighted by Crippen LogP contribution is 2.43. The van der Waals surface area contributed by atoms with Crippen LogP contribution in [0, 0.1) is 17.8 Å². The number of rotatable bonds is 3. The third-order valence-corrected chi connectivity index (χ3v) is 3.02. The van der Waals surface area contributed by atoms with Crippen LogP contribution in [-0.2, 0) is 9.53 Å². The smallest absolute Gasteiger partial charge is 0.330 e. The molecule has 0 aromatic carbocycles. The summed E-state index contributed by atoms with van der Waals surface area (Å²) in [7, 11) is 0. The number of hydrogen-bond donors (Lipinski definition) is 0. The fourth-order valence-electron chi connectivity index (χ4n) is 2.33. The number of carbonyl (C=O) groups excluding carboxylic acids is 1. The minimum atomic E-state index is -0.299. The van der Waals surface area contributed by atoms with Gasteiger partial charge in [0, 0.05) is 6.08 Å². The molecule has 2 rings (SSSR count). The molecule has 0 N–H and O–H groups in total. The average molecular weight is 178 g/mol. The molecule has 2 nitrogen and oxygen atoms in total. The van der Waals surface area contributed by atoms with Gasteiger partial charge in [0.05, 0.1) is 6.61 Å². The lowest BCUT2D eigenvalue weighted by atomic mass is 9.95. The highest BCUT2D eigenvalue weighted by molar-refractivity contribution is 5.81. The summed E-state index contributed by atoms with van der Waals surface area (Å²) >= 11 is 0. The maximum atomic E-state index is 10.8. The Morgan fingerprint density at radius 2 is 2.38 bits per heavy atom. The summed E-state index contributed by atoms with van der Waals surface area (Å²) in [6.45, 7) is 3.93. The zero-order valence-corrected chi connectivity index (χ0v) is 7.61. The van der Waals surface area contributed by atoms with Crippen molar-refractivity contribution < 1.29 is 9.53 Å². The van der Waals surface area contributed by atoms with E-state index in [1.54, 1.807) is 0 Å². The van der Waals surface area contributed by atoms with Gasteiger partial charge < -0.3 is 4.74 Å². The molecule has 0 saturated heterocycles. The zero-order chi connectivity index (χ0) is 9.26. The summed E-state index contributed by atoms with van der Waals surface area (Å²) in [5.41, 5.74) is 0. The van der Waals surface area contributed by atoms with Crippen LogP contribution in [0.5, 0.6) is 0 Å². The highest BCUT2D eigenvalue weighted by atomic mass is 16.5. The zero-order valence-electron chi connectivity index (χ0n) is 7.61. The van der Waals surface area contributed by atoms with E-state index in [4.69, 9.17) is 4.74 Å². The number of esters is 1. The van der Waals surface area contributed by atoms with Crippen LogP contribution in [0.1, 0.15) is 12.8 Å². The topological polar surface area (TPSA) is 26.3 Å². The van der Waals surface area contributed by atoms with Crippen molar-refractivity contribution in [1.82, 2.24) is 0 Å². The van der Waals surface area contributed by atoms with E-state index in [9.17, 15) is 4.79 Å². The van der Waals surface area contributed by atoms with Gasteiger partial charge in [-0.1, -0.05) is 18.7 Å². The lowest BCUT2D eigenvalue weighted by Crippen LogP contribution is -2.16. The maximum absolute atomic E-state index is 10.8. The predicted molar refractivity (Wildman–Crippen MR) is 50.0 cm³/mol. The molecule has 1 fully saturated rings. The maximum Gasteiger partial charge on any atom is 0.330 e. The van der Waals surface area contributed by atoms with E-state index in [0.717, 1.165) is 5.92 Å². The number of fused-ring (bicyclic) bond motifs is 2. The third-order valence-electron chi connectivity index (χ3n) is 3.02. The first-order chi connectivity index (χ1) is 6.29. The third kappa shape index (κ3) is 1.67. The van der Waals surface area contributed by atoms with Crippen LogP contribution in [0.2, 0.25) is 0 Å². The number of allylic oxidation sites excluding steroid dienone is 2. The molecule has 0 spiro atoms. The molecule has 2 aliphatic carbocycles. The molecule has 0 unspecified atom stereocenters. The normalized spacial score (nSPS) is 34.9. The Bertz CT molecular complexity index is 255. The summed E-state index contributed by atoms with van der Waals surface area (Å²) in [4.78, 5) is 10.8. The summed E-state index contributed by atoms with van der Waals surface area (Å²) in [6, 6.07) is 0. The quantitative estimate of drug-likeness (QED) is 0.375. The first-order valence-corrected chi connectivity index (χ1v) is 4.77. The number of carbonyl (C=O) groups is 1. The van der Waals surface area contributed by atoms with Gasteiger partial charge in [-0.05, 0) is 30.6 Å². The molecule has 0 radical (unpaired) electrons. The standard InChI is InChI=1S/C11H14O2/c1-2-11(12)13-7-10-6-8-3-4-9(10)5-8/h2-4,8-10H,1,5-7H2/t8-,9+,10+/m1/s1. The largest absolute Gasteiger partial charge is 0.462 e. The molecular weight excluding hydrogens is 164 g/mol. The minimum Gasteiger partial charge on any atom is -0.462 e. The summed E-state index contributed by atoms with van der Waals surface area (Å²) < 4.78 is 5.04. The Balaban J connectivity index is 1.81. The molecule has 0 amide bonds. The van der Waals surface area contributed by atoms with Crippen LogP contribution >= 0.6 is 0 Å². The van der Waals surface area contributed by atoms with E-state index in [1.165, 1.54) is 18.9 Å². The van der Waals surface area contributed by atoms with Crippen LogP contribution < -0.4 is 0 Å². The Kier molecular flexibility index (Phi) is 2.21. The van der Waals surface area contributed by atoms with Gasteiger partial charge >= 0.3 is 5.97 Å². The molecule has 2 aliphatic rings. The molecule has 70 valence electrons. The van der Waals surface area contributed by atoms with Crippen LogP contribution in [0.25, 0.3) is 0 Å². The Morgan fingerprint density at radius 1 is 1.54 bits per heavy atom. The van der Waals surface area contributed by atoms with E-state index >= 15 is 0 Å². The van der Waals surface area contributed by atoms with Gasteiger partial charge in [-0.3, -0.25) is 0 Å². The first kappa shape index (κ1) is 8.54. The Morgan fingerprint density at radius 3 is 2.92 bits per heavy atom. The number of ether oxygens (including phenoxy) is 1. The second kappa shape index (κ2) is 3.36. The number of hydrogen-bond acceptors (Lipinski definition) is 2. The van der Waals surface area contributed by atoms with E-state index in [1.807, 2.05) is 0 Å². The molecule has 2 bridgehead atoms. The molecular formula is C11H14O2. The lowest BCUT2D eigenvalue weighted by molar-refractivity contribution is -0.139. The average Bonchev–Trinajstić information content (AvgIpc) is 2.74. The van der Waals surface area contributed by atoms with Gasteiger partial charge in [0.25, 0.3) is 0 Å². The van der Waals surface area contributed by atoms with Gasteiger partial charge in [-0.15, -0.1) is 0 Å². The van der Waals surface area contributed by atoms with E-state index in [0.29, 0.717) is 18.4 Å². The van der Waals surface area contributed by atoms with Crippen molar-refractivity contribution in [2.24, 2.45) is 17.8 Å². The highest BCUT2D eigenvalue weighted by Gasteiger charge is 2.35.